The first kappa shape index (κ1) is 17.1. The maximum Gasteiger partial charge on any atom is 0.348 e. The zero-order valence-electron chi connectivity index (χ0n) is 10.6. The van der Waals surface area contributed by atoms with Crippen molar-refractivity contribution in [1.29, 1.82) is 0 Å². The van der Waals surface area contributed by atoms with E-state index in [0.717, 1.165) is 15.6 Å². The minimum atomic E-state index is -3.99. The number of halogens is 1. The summed E-state index contributed by atoms with van der Waals surface area (Å²) in [5, 5.41) is 8.74. The molecule has 0 atom stereocenters. The lowest BCUT2D eigenvalue weighted by molar-refractivity contribution is -0.137. The number of likely N-dealkylation sites (N-methyl/N-ethyl adjacent to an activating group) is 1. The number of carboxylic acids is 1. The molecule has 0 saturated carbocycles. The number of ether oxygens (including phenoxy) is 1. The third-order valence-corrected chi connectivity index (χ3v) is 6.48. The summed E-state index contributed by atoms with van der Waals surface area (Å²) in [6.07, 6.45) is 0. The molecule has 0 fully saturated rings. The molecule has 1 rings (SSSR count). The molecule has 0 saturated heterocycles. The van der Waals surface area contributed by atoms with E-state index in [1.807, 2.05) is 0 Å². The Kier molecular flexibility index (Phi) is 5.68. The summed E-state index contributed by atoms with van der Waals surface area (Å²) in [5.41, 5.74) is 0. The second-order valence-electron chi connectivity index (χ2n) is 3.57. The van der Waals surface area contributed by atoms with Gasteiger partial charge in [0.2, 0.25) is 10.0 Å². The molecule has 0 radical (unpaired) electrons. The van der Waals surface area contributed by atoms with E-state index in [4.69, 9.17) is 5.11 Å². The summed E-state index contributed by atoms with van der Waals surface area (Å²) in [5.74, 6) is -1.91. The van der Waals surface area contributed by atoms with Crippen LogP contribution in [0.1, 0.15) is 16.6 Å². The van der Waals surface area contributed by atoms with Gasteiger partial charge in [0.1, 0.15) is 16.3 Å². The highest BCUT2D eigenvalue weighted by atomic mass is 79.9. The summed E-state index contributed by atoms with van der Waals surface area (Å²) >= 11 is 3.98. The molecule has 10 heteroatoms. The van der Waals surface area contributed by atoms with Gasteiger partial charge in [-0.25, -0.2) is 13.2 Å². The Balaban J connectivity index is 3.24. The molecule has 0 aliphatic carbocycles. The van der Waals surface area contributed by atoms with Crippen molar-refractivity contribution in [3.63, 3.8) is 0 Å². The van der Waals surface area contributed by atoms with Gasteiger partial charge in [0, 0.05) is 6.54 Å². The molecule has 0 aliphatic rings. The van der Waals surface area contributed by atoms with Crippen molar-refractivity contribution < 1.29 is 27.9 Å². The van der Waals surface area contributed by atoms with Gasteiger partial charge in [-0.15, -0.1) is 11.3 Å². The van der Waals surface area contributed by atoms with Crippen LogP contribution in [0.15, 0.2) is 14.7 Å². The molecule has 20 heavy (non-hydrogen) atoms. The molecule has 0 bridgehead atoms. The smallest absolute Gasteiger partial charge is 0.348 e. The number of esters is 1. The number of carbonyl (C=O) groups excluding carboxylic acids is 1. The molecule has 7 nitrogen and oxygen atoms in total. The van der Waals surface area contributed by atoms with Crippen LogP contribution >= 0.6 is 27.3 Å². The van der Waals surface area contributed by atoms with Crippen LogP contribution in [-0.2, 0) is 19.6 Å². The maximum absolute atomic E-state index is 12.3. The van der Waals surface area contributed by atoms with Gasteiger partial charge in [-0.05, 0) is 22.0 Å². The first-order valence-electron chi connectivity index (χ1n) is 5.33. The maximum atomic E-state index is 12.3. The van der Waals surface area contributed by atoms with Crippen LogP contribution in [0.3, 0.4) is 0 Å². The van der Waals surface area contributed by atoms with Crippen molar-refractivity contribution in [2.24, 2.45) is 0 Å². The lowest BCUT2D eigenvalue weighted by atomic mass is 10.5. The number of aliphatic carboxylic acids is 1. The number of hydrogen-bond acceptors (Lipinski definition) is 6. The molecule has 112 valence electrons. The Morgan fingerprint density at radius 1 is 1.50 bits per heavy atom. The normalized spacial score (nSPS) is 11.6. The van der Waals surface area contributed by atoms with Crippen molar-refractivity contribution >= 4 is 49.2 Å². The van der Waals surface area contributed by atoms with Crippen LogP contribution in [0, 0.1) is 0 Å². The van der Waals surface area contributed by atoms with Gasteiger partial charge in [0.05, 0.1) is 10.9 Å². The van der Waals surface area contributed by atoms with E-state index in [2.05, 4.69) is 20.7 Å². The van der Waals surface area contributed by atoms with E-state index < -0.39 is 28.5 Å². The molecule has 0 aromatic carbocycles. The highest BCUT2D eigenvalue weighted by Crippen LogP contribution is 2.33. The van der Waals surface area contributed by atoms with Crippen LogP contribution in [0.25, 0.3) is 0 Å². The number of carboxylic acid groups (broad SMARTS) is 1. The van der Waals surface area contributed by atoms with E-state index in [1.165, 1.54) is 20.1 Å². The summed E-state index contributed by atoms with van der Waals surface area (Å²) in [4.78, 5) is 22.1. The van der Waals surface area contributed by atoms with Gasteiger partial charge in [0.15, 0.2) is 0 Å². The Morgan fingerprint density at radius 2 is 2.10 bits per heavy atom. The fourth-order valence-electron chi connectivity index (χ4n) is 1.39. The zero-order valence-corrected chi connectivity index (χ0v) is 13.8. The van der Waals surface area contributed by atoms with Gasteiger partial charge in [-0.3, -0.25) is 4.79 Å². The number of carbonyl (C=O) groups is 2. The summed E-state index contributed by atoms with van der Waals surface area (Å²) in [7, 11) is -2.80. The largest absolute Gasteiger partial charge is 0.480 e. The van der Waals surface area contributed by atoms with Crippen LogP contribution in [0.5, 0.6) is 0 Å². The van der Waals surface area contributed by atoms with E-state index in [0.29, 0.717) is 0 Å². The van der Waals surface area contributed by atoms with E-state index in [9.17, 15) is 18.0 Å². The SMILES string of the molecule is CCN(CC(=O)O)S(=O)(=O)c1cc(C(=O)OC)sc1Br. The molecule has 1 heterocycles. The third kappa shape index (κ3) is 3.57. The Labute approximate surface area is 128 Å². The van der Waals surface area contributed by atoms with Crippen LogP contribution in [0.4, 0.5) is 0 Å². The number of nitrogens with zero attached hydrogens (tertiary/aromatic N) is 1. The lowest BCUT2D eigenvalue weighted by Crippen LogP contribution is -2.35. The predicted molar refractivity (Wildman–Crippen MR) is 75.4 cm³/mol. The fourth-order valence-corrected chi connectivity index (χ4v) is 5.22. The van der Waals surface area contributed by atoms with Gasteiger partial charge in [-0.2, -0.15) is 4.31 Å². The highest BCUT2D eigenvalue weighted by molar-refractivity contribution is 9.11. The van der Waals surface area contributed by atoms with Crippen molar-refractivity contribution in [3.8, 4) is 0 Å². The molecular weight excluding hydrogens is 374 g/mol. The molecule has 0 aliphatic heterocycles. The molecule has 1 N–H and O–H groups in total. The van der Waals surface area contributed by atoms with Crippen LogP contribution < -0.4 is 0 Å². The third-order valence-electron chi connectivity index (χ3n) is 2.32. The second-order valence-corrected chi connectivity index (χ2v) is 7.84. The van der Waals surface area contributed by atoms with Crippen molar-refractivity contribution in [1.82, 2.24) is 4.31 Å². The molecule has 0 amide bonds. The minimum Gasteiger partial charge on any atom is -0.480 e. The molecule has 0 unspecified atom stereocenters. The lowest BCUT2D eigenvalue weighted by Gasteiger charge is -2.17. The van der Waals surface area contributed by atoms with Crippen molar-refractivity contribution in [3.05, 3.63) is 14.7 Å². The molecule has 1 aromatic heterocycles. The average Bonchev–Trinajstić information content (AvgIpc) is 2.77. The van der Waals surface area contributed by atoms with Gasteiger partial charge in [0.25, 0.3) is 0 Å². The second kappa shape index (κ2) is 6.66. The van der Waals surface area contributed by atoms with Gasteiger partial charge in [-0.1, -0.05) is 6.92 Å². The number of sulfonamides is 1. The minimum absolute atomic E-state index is 0.00444. The monoisotopic (exact) mass is 385 g/mol. The van der Waals surface area contributed by atoms with Crippen molar-refractivity contribution in [2.75, 3.05) is 20.2 Å². The van der Waals surface area contributed by atoms with E-state index in [1.54, 1.807) is 0 Å². The fraction of sp³-hybridized carbons (Fsp3) is 0.400. The first-order chi connectivity index (χ1) is 9.23. The number of thiophene rings is 1. The summed E-state index contributed by atoms with van der Waals surface area (Å²) in [6.45, 7) is 0.890. The summed E-state index contributed by atoms with van der Waals surface area (Å²) < 4.78 is 30.2. The van der Waals surface area contributed by atoms with Gasteiger partial charge < -0.3 is 9.84 Å². The molecular formula is C10H12BrNO6S2. The van der Waals surface area contributed by atoms with Crippen LogP contribution in [-0.4, -0.2) is 50.0 Å². The number of rotatable bonds is 6. The van der Waals surface area contributed by atoms with Crippen LogP contribution in [0.2, 0.25) is 0 Å². The number of hydrogen-bond donors (Lipinski definition) is 1. The predicted octanol–water partition coefficient (Wildman–Crippen LogP) is 1.39. The Bertz CT molecular complexity index is 624. The quantitative estimate of drug-likeness (QED) is 0.742. The zero-order chi connectivity index (χ0) is 15.5. The average molecular weight is 386 g/mol. The summed E-state index contributed by atoms with van der Waals surface area (Å²) in [6, 6.07) is 1.17. The number of methoxy groups -OCH3 is 1. The molecule has 1 aromatic rings. The highest BCUT2D eigenvalue weighted by Gasteiger charge is 2.30. The molecule has 0 spiro atoms. The first-order valence-corrected chi connectivity index (χ1v) is 8.38. The topological polar surface area (TPSA) is 101 Å². The van der Waals surface area contributed by atoms with Crippen molar-refractivity contribution in [2.45, 2.75) is 11.8 Å². The van der Waals surface area contributed by atoms with E-state index in [-0.39, 0.29) is 20.1 Å². The van der Waals surface area contributed by atoms with Gasteiger partial charge >= 0.3 is 11.9 Å². The Hall–Kier alpha value is -0.970. The van der Waals surface area contributed by atoms with E-state index >= 15 is 0 Å². The standard InChI is InChI=1S/C10H12BrNO6S2/c1-3-12(5-8(13)14)20(16,17)7-4-6(10(15)18-2)19-9(7)11/h4H,3,5H2,1-2H3,(H,13,14). The Morgan fingerprint density at radius 3 is 2.55 bits per heavy atom.